The van der Waals surface area contributed by atoms with Crippen LogP contribution in [0.4, 0.5) is 5.69 Å². The minimum atomic E-state index is -1.14. The maximum atomic E-state index is 13.0. The van der Waals surface area contributed by atoms with Gasteiger partial charge in [-0.2, -0.15) is 0 Å². The van der Waals surface area contributed by atoms with Crippen molar-refractivity contribution in [2.24, 2.45) is 0 Å². The largest absolute Gasteiger partial charge is 0.337 e. The second-order valence-corrected chi connectivity index (χ2v) is 10.4. The molecule has 8 heteroatoms. The lowest BCUT2D eigenvalue weighted by molar-refractivity contribution is -0.120. The summed E-state index contributed by atoms with van der Waals surface area (Å²) in [7, 11) is 0. The summed E-state index contributed by atoms with van der Waals surface area (Å²) < 4.78 is 0.509. The number of rotatable bonds is 5. The summed E-state index contributed by atoms with van der Waals surface area (Å²) in [6.45, 7) is 9.28. The second kappa shape index (κ2) is 9.01. The molecule has 0 saturated carbocycles. The molecule has 1 fully saturated rings. The predicted octanol–water partition coefficient (Wildman–Crippen LogP) is 4.87. The van der Waals surface area contributed by atoms with Crippen LogP contribution < -0.4 is 10.6 Å². The lowest BCUT2D eigenvalue weighted by Gasteiger charge is -2.27. The third-order valence-corrected chi connectivity index (χ3v) is 6.92. The number of halogens is 1. The third-order valence-electron chi connectivity index (χ3n) is 5.69. The molecule has 1 aromatic carbocycles. The number of thiophene rings is 1. The molecule has 166 valence electrons. The van der Waals surface area contributed by atoms with Crippen LogP contribution in [0, 0.1) is 6.92 Å². The quantitative estimate of drug-likeness (QED) is 0.666. The number of nitrogens with one attached hydrogen (secondary N) is 2. The fourth-order valence-corrected chi connectivity index (χ4v) is 4.78. The van der Waals surface area contributed by atoms with E-state index in [1.807, 2.05) is 11.8 Å². The summed E-state index contributed by atoms with van der Waals surface area (Å²) in [5.41, 5.74) is 0.865. The number of likely N-dealkylation sites (tertiary alicyclic amines) is 1. The van der Waals surface area contributed by atoms with E-state index in [1.165, 1.54) is 0 Å². The molecule has 3 amide bonds. The molecule has 31 heavy (non-hydrogen) atoms. The number of benzene rings is 1. The van der Waals surface area contributed by atoms with Crippen molar-refractivity contribution in [1.29, 1.82) is 0 Å². The van der Waals surface area contributed by atoms with Crippen LogP contribution in [0.25, 0.3) is 0 Å². The average Bonchev–Trinajstić information content (AvgIpc) is 3.26. The van der Waals surface area contributed by atoms with Gasteiger partial charge in [0.1, 0.15) is 5.54 Å². The molecule has 3 rings (SSSR count). The maximum absolute atomic E-state index is 13.0. The van der Waals surface area contributed by atoms with Crippen molar-refractivity contribution in [3.05, 3.63) is 50.7 Å². The zero-order valence-electron chi connectivity index (χ0n) is 18.4. The van der Waals surface area contributed by atoms with Gasteiger partial charge in [0.05, 0.1) is 9.21 Å². The van der Waals surface area contributed by atoms with Crippen molar-refractivity contribution in [2.45, 2.75) is 65.1 Å². The zero-order valence-corrected chi connectivity index (χ0v) is 20.0. The topological polar surface area (TPSA) is 78.5 Å². The van der Waals surface area contributed by atoms with E-state index >= 15 is 0 Å². The van der Waals surface area contributed by atoms with Gasteiger partial charge in [0.2, 0.25) is 5.91 Å². The standard InChI is InChI=1S/C23H28ClN3O3S/c1-13-12-16(8-9-17(13)21(29)27-14(2)6-7-15(27)3)25-22(30)23(4,5)26-20(28)18-10-11-19(24)31-18/h8-12,14-15H,6-7H2,1-5H3,(H,25,30)(H,26,28). The molecule has 2 atom stereocenters. The zero-order chi connectivity index (χ0) is 22.9. The van der Waals surface area contributed by atoms with Gasteiger partial charge in [-0.05, 0) is 83.4 Å². The number of nitrogens with zero attached hydrogens (tertiary/aromatic N) is 1. The minimum Gasteiger partial charge on any atom is -0.337 e. The van der Waals surface area contributed by atoms with E-state index in [-0.39, 0.29) is 29.8 Å². The van der Waals surface area contributed by atoms with E-state index in [0.717, 1.165) is 29.7 Å². The molecule has 2 unspecified atom stereocenters. The van der Waals surface area contributed by atoms with Gasteiger partial charge in [-0.15, -0.1) is 11.3 Å². The lowest BCUT2D eigenvalue weighted by Crippen LogP contribution is -2.52. The van der Waals surface area contributed by atoms with Crippen LogP contribution in [0.15, 0.2) is 30.3 Å². The van der Waals surface area contributed by atoms with E-state index in [2.05, 4.69) is 24.5 Å². The molecular formula is C23H28ClN3O3S. The Bertz CT molecular complexity index is 1010. The van der Waals surface area contributed by atoms with Gasteiger partial charge in [0, 0.05) is 23.3 Å². The Morgan fingerprint density at radius 2 is 1.74 bits per heavy atom. The molecule has 2 aromatic rings. The molecule has 6 nitrogen and oxygen atoms in total. The van der Waals surface area contributed by atoms with Crippen molar-refractivity contribution in [3.63, 3.8) is 0 Å². The molecule has 0 bridgehead atoms. The van der Waals surface area contributed by atoms with E-state index in [1.54, 1.807) is 44.2 Å². The van der Waals surface area contributed by atoms with Crippen molar-refractivity contribution in [1.82, 2.24) is 10.2 Å². The number of hydrogen-bond acceptors (Lipinski definition) is 4. The van der Waals surface area contributed by atoms with Gasteiger partial charge in [0.25, 0.3) is 11.8 Å². The van der Waals surface area contributed by atoms with E-state index in [4.69, 9.17) is 11.6 Å². The van der Waals surface area contributed by atoms with Gasteiger partial charge in [0.15, 0.2) is 0 Å². The van der Waals surface area contributed by atoms with Crippen molar-refractivity contribution < 1.29 is 14.4 Å². The van der Waals surface area contributed by atoms with Gasteiger partial charge >= 0.3 is 0 Å². The molecule has 1 aromatic heterocycles. The number of amides is 3. The Balaban J connectivity index is 1.69. The molecule has 2 N–H and O–H groups in total. The van der Waals surface area contributed by atoms with E-state index in [0.29, 0.717) is 20.5 Å². The smallest absolute Gasteiger partial charge is 0.262 e. The van der Waals surface area contributed by atoms with Crippen LogP contribution in [0.1, 0.15) is 66.1 Å². The molecular weight excluding hydrogens is 434 g/mol. The van der Waals surface area contributed by atoms with Crippen LogP contribution in [-0.4, -0.2) is 40.2 Å². The molecule has 0 aliphatic carbocycles. The highest BCUT2D eigenvalue weighted by molar-refractivity contribution is 7.18. The van der Waals surface area contributed by atoms with Crippen molar-refractivity contribution in [3.8, 4) is 0 Å². The van der Waals surface area contributed by atoms with Crippen LogP contribution in [0.2, 0.25) is 4.34 Å². The summed E-state index contributed by atoms with van der Waals surface area (Å²) >= 11 is 7.04. The monoisotopic (exact) mass is 461 g/mol. The first-order chi connectivity index (χ1) is 14.5. The Labute approximate surface area is 192 Å². The van der Waals surface area contributed by atoms with Gasteiger partial charge < -0.3 is 15.5 Å². The van der Waals surface area contributed by atoms with E-state index < -0.39 is 5.54 Å². The van der Waals surface area contributed by atoms with Crippen molar-refractivity contribution in [2.75, 3.05) is 5.32 Å². The Hall–Kier alpha value is -2.38. The summed E-state index contributed by atoms with van der Waals surface area (Å²) in [5, 5.41) is 5.57. The highest BCUT2D eigenvalue weighted by atomic mass is 35.5. The highest BCUT2D eigenvalue weighted by Crippen LogP contribution is 2.27. The molecule has 2 heterocycles. The first-order valence-corrected chi connectivity index (χ1v) is 11.5. The fourth-order valence-electron chi connectivity index (χ4n) is 3.84. The number of carbonyl (C=O) groups excluding carboxylic acids is 3. The molecule has 0 radical (unpaired) electrons. The predicted molar refractivity (Wildman–Crippen MR) is 125 cm³/mol. The highest BCUT2D eigenvalue weighted by Gasteiger charge is 2.33. The average molecular weight is 462 g/mol. The minimum absolute atomic E-state index is 0.0232. The molecule has 1 aliphatic rings. The molecule has 0 spiro atoms. The number of carbonyl (C=O) groups is 3. The number of aryl methyl sites for hydroxylation is 1. The third kappa shape index (κ3) is 5.10. The Kier molecular flexibility index (Phi) is 6.76. The van der Waals surface area contributed by atoms with Crippen LogP contribution in [-0.2, 0) is 4.79 Å². The Morgan fingerprint density at radius 3 is 2.29 bits per heavy atom. The fraction of sp³-hybridized carbons (Fsp3) is 0.435. The summed E-state index contributed by atoms with van der Waals surface area (Å²) in [6.07, 6.45) is 2.02. The molecule has 1 saturated heterocycles. The number of hydrogen-bond donors (Lipinski definition) is 2. The van der Waals surface area contributed by atoms with Gasteiger partial charge in [-0.1, -0.05) is 11.6 Å². The SMILES string of the molecule is Cc1cc(NC(=O)C(C)(C)NC(=O)c2ccc(Cl)s2)ccc1C(=O)N1C(C)CCC1C. The maximum Gasteiger partial charge on any atom is 0.262 e. The van der Waals surface area contributed by atoms with Crippen LogP contribution in [0.3, 0.4) is 0 Å². The van der Waals surface area contributed by atoms with E-state index in [9.17, 15) is 14.4 Å². The van der Waals surface area contributed by atoms with Crippen LogP contribution >= 0.6 is 22.9 Å². The first kappa shape index (κ1) is 23.3. The van der Waals surface area contributed by atoms with Crippen molar-refractivity contribution >= 4 is 46.3 Å². The summed E-state index contributed by atoms with van der Waals surface area (Å²) in [4.78, 5) is 40.6. The lowest BCUT2D eigenvalue weighted by atomic mass is 10.0. The summed E-state index contributed by atoms with van der Waals surface area (Å²) in [6, 6.07) is 8.98. The Morgan fingerprint density at radius 1 is 1.10 bits per heavy atom. The van der Waals surface area contributed by atoms with Gasteiger partial charge in [-0.3, -0.25) is 14.4 Å². The van der Waals surface area contributed by atoms with Gasteiger partial charge in [-0.25, -0.2) is 0 Å². The van der Waals surface area contributed by atoms with Crippen LogP contribution in [0.5, 0.6) is 0 Å². The normalized spacial score (nSPS) is 18.7. The summed E-state index contributed by atoms with van der Waals surface area (Å²) in [5.74, 6) is -0.693. The number of anilines is 1. The first-order valence-electron chi connectivity index (χ1n) is 10.3. The molecule has 1 aliphatic heterocycles. The second-order valence-electron chi connectivity index (χ2n) is 8.65.